The van der Waals surface area contributed by atoms with Crippen molar-refractivity contribution in [1.29, 1.82) is 0 Å². The van der Waals surface area contributed by atoms with Gasteiger partial charge in [-0.1, -0.05) is 30.3 Å². The molecule has 1 aliphatic rings. The number of piperidine rings is 1. The molecule has 31 heavy (non-hydrogen) atoms. The predicted molar refractivity (Wildman–Crippen MR) is 109 cm³/mol. The Balaban J connectivity index is 1.60. The van der Waals surface area contributed by atoms with E-state index in [1.165, 1.54) is 0 Å². The maximum atomic E-state index is 13.0. The van der Waals surface area contributed by atoms with E-state index in [2.05, 4.69) is 9.97 Å². The molecule has 0 amide bonds. The van der Waals surface area contributed by atoms with E-state index in [1.807, 2.05) is 30.3 Å². The second-order valence-electron chi connectivity index (χ2n) is 7.85. The average Bonchev–Trinajstić information content (AvgIpc) is 2.74. The minimum Gasteiger partial charge on any atom is -0.481 e. The second kappa shape index (κ2) is 7.72. The fourth-order valence-corrected chi connectivity index (χ4v) is 4.05. The smallest absolute Gasteiger partial charge is 0.416 e. The van der Waals surface area contributed by atoms with E-state index in [0.29, 0.717) is 32.4 Å². The summed E-state index contributed by atoms with van der Waals surface area (Å²) in [7, 11) is 0. The summed E-state index contributed by atoms with van der Waals surface area (Å²) < 4.78 is 39.1. The van der Waals surface area contributed by atoms with E-state index in [9.17, 15) is 27.9 Å². The first-order valence-electron chi connectivity index (χ1n) is 9.82. The Labute approximate surface area is 175 Å². The number of rotatable bonds is 4. The monoisotopic (exact) mass is 431 g/mol. The van der Waals surface area contributed by atoms with Crippen LogP contribution in [-0.4, -0.2) is 34.1 Å². The van der Waals surface area contributed by atoms with Gasteiger partial charge in [0.1, 0.15) is 0 Å². The van der Waals surface area contributed by atoms with Gasteiger partial charge in [0, 0.05) is 13.1 Å². The van der Waals surface area contributed by atoms with Gasteiger partial charge in [-0.3, -0.25) is 14.6 Å². The molecule has 4 rings (SSSR count). The Bertz CT molecular complexity index is 1170. The number of carboxylic acid groups (broad SMARTS) is 1. The third-order valence-electron chi connectivity index (χ3n) is 5.88. The van der Waals surface area contributed by atoms with Crippen molar-refractivity contribution in [3.05, 3.63) is 70.0 Å². The van der Waals surface area contributed by atoms with Crippen LogP contribution in [-0.2, 0) is 17.4 Å². The zero-order valence-corrected chi connectivity index (χ0v) is 16.4. The van der Waals surface area contributed by atoms with Crippen LogP contribution in [0.1, 0.15) is 24.0 Å². The molecule has 2 heterocycles. The Morgan fingerprint density at radius 3 is 2.42 bits per heavy atom. The standard InChI is InChI=1S/C22H20F3N3O3/c23-22(24,25)15-6-7-16-17(12-15)26-20(27-18(16)29)28-10-8-21(9-11-28,19(30)31)13-14-4-2-1-3-5-14/h1-7,12H,8-11,13H2,(H,30,31)(H,26,27,29). The van der Waals surface area contributed by atoms with Crippen molar-refractivity contribution in [2.45, 2.75) is 25.4 Å². The first-order chi connectivity index (χ1) is 14.7. The zero-order valence-electron chi connectivity index (χ0n) is 16.4. The molecule has 0 atom stereocenters. The van der Waals surface area contributed by atoms with Gasteiger partial charge in [0.2, 0.25) is 5.95 Å². The molecule has 0 aliphatic carbocycles. The molecule has 2 N–H and O–H groups in total. The summed E-state index contributed by atoms with van der Waals surface area (Å²) in [6, 6.07) is 12.2. The Hall–Kier alpha value is -3.36. The Kier molecular flexibility index (Phi) is 5.20. The summed E-state index contributed by atoms with van der Waals surface area (Å²) in [5.74, 6) is -0.735. The lowest BCUT2D eigenvalue weighted by molar-refractivity contribution is -0.150. The highest BCUT2D eigenvalue weighted by Gasteiger charge is 2.42. The van der Waals surface area contributed by atoms with Crippen molar-refractivity contribution >= 4 is 22.8 Å². The molecule has 1 saturated heterocycles. The van der Waals surface area contributed by atoms with Gasteiger partial charge < -0.3 is 10.0 Å². The van der Waals surface area contributed by atoms with Crippen LogP contribution >= 0.6 is 0 Å². The van der Waals surface area contributed by atoms with Gasteiger partial charge in [-0.25, -0.2) is 4.98 Å². The quantitative estimate of drug-likeness (QED) is 0.655. The molecule has 9 heteroatoms. The fourth-order valence-electron chi connectivity index (χ4n) is 4.05. The van der Waals surface area contributed by atoms with Crippen molar-refractivity contribution in [2.24, 2.45) is 5.41 Å². The van der Waals surface area contributed by atoms with E-state index >= 15 is 0 Å². The van der Waals surface area contributed by atoms with Gasteiger partial charge in [-0.15, -0.1) is 0 Å². The molecule has 6 nitrogen and oxygen atoms in total. The fraction of sp³-hybridized carbons (Fsp3) is 0.318. The van der Waals surface area contributed by atoms with E-state index < -0.39 is 28.7 Å². The van der Waals surface area contributed by atoms with Crippen LogP contribution in [0.2, 0.25) is 0 Å². The Morgan fingerprint density at radius 2 is 1.81 bits per heavy atom. The van der Waals surface area contributed by atoms with Crippen molar-refractivity contribution < 1.29 is 23.1 Å². The number of nitrogens with one attached hydrogen (secondary N) is 1. The number of alkyl halides is 3. The topological polar surface area (TPSA) is 86.3 Å². The van der Waals surface area contributed by atoms with Gasteiger partial charge in [0.05, 0.1) is 21.9 Å². The lowest BCUT2D eigenvalue weighted by Crippen LogP contribution is -2.46. The highest BCUT2D eigenvalue weighted by Crippen LogP contribution is 2.37. The molecule has 1 fully saturated rings. The molecule has 0 unspecified atom stereocenters. The molecular formula is C22H20F3N3O3. The van der Waals surface area contributed by atoms with Crippen LogP contribution in [0.15, 0.2) is 53.3 Å². The van der Waals surface area contributed by atoms with E-state index in [-0.39, 0.29) is 16.9 Å². The van der Waals surface area contributed by atoms with Crippen LogP contribution < -0.4 is 10.5 Å². The number of hydrogen-bond donors (Lipinski definition) is 2. The minimum atomic E-state index is -4.54. The van der Waals surface area contributed by atoms with Crippen LogP contribution in [0.3, 0.4) is 0 Å². The number of aliphatic carboxylic acids is 1. The number of carbonyl (C=O) groups is 1. The summed E-state index contributed by atoms with van der Waals surface area (Å²) in [4.78, 5) is 33.0. The average molecular weight is 431 g/mol. The lowest BCUT2D eigenvalue weighted by Gasteiger charge is -2.39. The van der Waals surface area contributed by atoms with Gasteiger partial charge in [-0.05, 0) is 43.0 Å². The number of nitrogens with zero attached hydrogens (tertiary/aromatic N) is 2. The van der Waals surface area contributed by atoms with Crippen LogP contribution in [0.25, 0.3) is 10.9 Å². The summed E-state index contributed by atoms with van der Waals surface area (Å²) in [5.41, 5.74) is -1.48. The maximum absolute atomic E-state index is 13.0. The number of carboxylic acids is 1. The molecule has 0 radical (unpaired) electrons. The highest BCUT2D eigenvalue weighted by atomic mass is 19.4. The van der Waals surface area contributed by atoms with E-state index in [4.69, 9.17) is 0 Å². The summed E-state index contributed by atoms with van der Waals surface area (Å²) in [5, 5.41) is 9.97. The van der Waals surface area contributed by atoms with Crippen LogP contribution in [0.4, 0.5) is 19.1 Å². The van der Waals surface area contributed by atoms with E-state index in [0.717, 1.165) is 23.8 Å². The van der Waals surface area contributed by atoms with E-state index in [1.54, 1.807) is 4.90 Å². The van der Waals surface area contributed by atoms with Crippen molar-refractivity contribution in [3.63, 3.8) is 0 Å². The number of anilines is 1. The number of hydrogen-bond acceptors (Lipinski definition) is 4. The molecule has 1 aliphatic heterocycles. The normalized spacial score (nSPS) is 16.4. The molecule has 1 aromatic heterocycles. The van der Waals surface area contributed by atoms with Gasteiger partial charge in [-0.2, -0.15) is 13.2 Å². The number of halogens is 3. The zero-order chi connectivity index (χ0) is 22.2. The number of aromatic nitrogens is 2. The largest absolute Gasteiger partial charge is 0.481 e. The van der Waals surface area contributed by atoms with Crippen molar-refractivity contribution in [2.75, 3.05) is 18.0 Å². The molecular weight excluding hydrogens is 411 g/mol. The van der Waals surface area contributed by atoms with Crippen LogP contribution in [0, 0.1) is 5.41 Å². The van der Waals surface area contributed by atoms with Gasteiger partial charge in [0.15, 0.2) is 0 Å². The molecule has 0 bridgehead atoms. The molecule has 0 saturated carbocycles. The number of aromatic amines is 1. The second-order valence-corrected chi connectivity index (χ2v) is 7.85. The molecule has 3 aromatic rings. The predicted octanol–water partition coefficient (Wildman–Crippen LogP) is 3.86. The molecule has 0 spiro atoms. The lowest BCUT2D eigenvalue weighted by atomic mass is 9.74. The van der Waals surface area contributed by atoms with Crippen LogP contribution in [0.5, 0.6) is 0 Å². The first-order valence-corrected chi connectivity index (χ1v) is 9.82. The van der Waals surface area contributed by atoms with Gasteiger partial charge >= 0.3 is 12.1 Å². The SMILES string of the molecule is O=C(O)C1(Cc2ccccc2)CCN(c2nc3cc(C(F)(F)F)ccc3c(=O)[nH]2)CC1. The molecule has 2 aromatic carbocycles. The maximum Gasteiger partial charge on any atom is 0.416 e. The number of fused-ring (bicyclic) bond motifs is 1. The van der Waals surface area contributed by atoms with Crippen molar-refractivity contribution in [1.82, 2.24) is 9.97 Å². The Morgan fingerprint density at radius 1 is 1.13 bits per heavy atom. The number of H-pyrrole nitrogens is 1. The highest BCUT2D eigenvalue weighted by molar-refractivity contribution is 5.79. The van der Waals surface area contributed by atoms with Gasteiger partial charge in [0.25, 0.3) is 5.56 Å². The van der Waals surface area contributed by atoms with Crippen molar-refractivity contribution in [3.8, 4) is 0 Å². The summed E-state index contributed by atoms with van der Waals surface area (Å²) in [6.45, 7) is 0.624. The number of benzene rings is 2. The summed E-state index contributed by atoms with van der Waals surface area (Å²) in [6.07, 6.45) is -3.51. The molecule has 162 valence electrons. The first kappa shape index (κ1) is 20.9. The minimum absolute atomic E-state index is 0.0482. The summed E-state index contributed by atoms with van der Waals surface area (Å²) >= 11 is 0. The third-order valence-corrected chi connectivity index (χ3v) is 5.88. The third kappa shape index (κ3) is 4.12.